The number of benzene rings is 2. The molecule has 0 saturated heterocycles. The molecular weight excluding hydrogens is 334 g/mol. The van der Waals surface area contributed by atoms with Crippen molar-refractivity contribution in [2.75, 3.05) is 20.8 Å². The molecule has 2 aromatic rings. The third-order valence-electron chi connectivity index (χ3n) is 3.76. The summed E-state index contributed by atoms with van der Waals surface area (Å²) >= 11 is 0. The molecule has 0 heterocycles. The summed E-state index contributed by atoms with van der Waals surface area (Å²) in [5, 5.41) is 2.66. The van der Waals surface area contributed by atoms with Crippen molar-refractivity contribution in [3.05, 3.63) is 65.7 Å². The molecule has 138 valence electrons. The predicted octanol–water partition coefficient (Wildman–Crippen LogP) is 2.11. The van der Waals surface area contributed by atoms with E-state index < -0.39 is 12.0 Å². The Hall–Kier alpha value is -2.86. The Morgan fingerprint density at radius 1 is 0.962 bits per heavy atom. The molecule has 0 aliphatic rings. The lowest BCUT2D eigenvalue weighted by atomic mass is 10.1. The molecule has 0 saturated carbocycles. The number of rotatable bonds is 9. The Kier molecular flexibility index (Phi) is 7.64. The van der Waals surface area contributed by atoms with Gasteiger partial charge in [-0.15, -0.1) is 0 Å². The molecule has 0 aliphatic heterocycles. The first-order valence-electron chi connectivity index (χ1n) is 8.24. The number of esters is 1. The van der Waals surface area contributed by atoms with Gasteiger partial charge in [0.15, 0.2) is 0 Å². The van der Waals surface area contributed by atoms with Crippen LogP contribution in [0.25, 0.3) is 0 Å². The predicted molar refractivity (Wildman–Crippen MR) is 96.7 cm³/mol. The average Bonchev–Trinajstić information content (AvgIpc) is 2.68. The van der Waals surface area contributed by atoms with E-state index in [-0.39, 0.29) is 12.5 Å². The van der Waals surface area contributed by atoms with Gasteiger partial charge in [0.25, 0.3) is 0 Å². The number of hydrogen-bond donors (Lipinski definition) is 1. The number of carbonyl (C=O) groups is 2. The normalized spacial score (nSPS) is 11.5. The molecule has 0 spiro atoms. The fraction of sp³-hybridized carbons (Fsp3) is 0.300. The third-order valence-corrected chi connectivity index (χ3v) is 3.76. The topological polar surface area (TPSA) is 73.9 Å². The Bertz CT molecular complexity index is 700. The van der Waals surface area contributed by atoms with Gasteiger partial charge in [-0.05, 0) is 23.3 Å². The molecule has 1 atom stereocenters. The van der Waals surface area contributed by atoms with E-state index in [4.69, 9.17) is 14.2 Å². The summed E-state index contributed by atoms with van der Waals surface area (Å²) in [6, 6.07) is 16.1. The van der Waals surface area contributed by atoms with Gasteiger partial charge in [-0.3, -0.25) is 4.79 Å². The number of methoxy groups -OCH3 is 2. The summed E-state index contributed by atoms with van der Waals surface area (Å²) in [6.45, 7) is 0.195. The highest BCUT2D eigenvalue weighted by Crippen LogP contribution is 2.13. The molecule has 1 N–H and O–H groups in total. The first kappa shape index (κ1) is 19.5. The number of amides is 1. The highest BCUT2D eigenvalue weighted by Gasteiger charge is 2.22. The van der Waals surface area contributed by atoms with Crippen LogP contribution in [0.3, 0.4) is 0 Å². The van der Waals surface area contributed by atoms with Crippen LogP contribution >= 0.6 is 0 Å². The first-order chi connectivity index (χ1) is 12.6. The summed E-state index contributed by atoms with van der Waals surface area (Å²) in [6.07, 6.45) is 0.321. The maximum absolute atomic E-state index is 12.1. The van der Waals surface area contributed by atoms with Crippen LogP contribution in [0.1, 0.15) is 11.1 Å². The molecule has 0 aromatic heterocycles. The lowest BCUT2D eigenvalue weighted by Gasteiger charge is -2.17. The highest BCUT2D eigenvalue weighted by molar-refractivity contribution is 5.85. The van der Waals surface area contributed by atoms with Gasteiger partial charge in [-0.1, -0.05) is 42.5 Å². The number of hydrogen-bond acceptors (Lipinski definition) is 5. The van der Waals surface area contributed by atoms with Crippen molar-refractivity contribution in [1.29, 1.82) is 0 Å². The molecule has 0 aliphatic carbocycles. The molecule has 0 fully saturated rings. The van der Waals surface area contributed by atoms with Gasteiger partial charge in [-0.2, -0.15) is 0 Å². The Morgan fingerprint density at radius 2 is 1.65 bits per heavy atom. The minimum atomic E-state index is -0.777. The maximum atomic E-state index is 12.1. The van der Waals surface area contributed by atoms with E-state index in [1.165, 1.54) is 7.11 Å². The van der Waals surface area contributed by atoms with Crippen molar-refractivity contribution < 1.29 is 23.8 Å². The van der Waals surface area contributed by atoms with Gasteiger partial charge in [-0.25, -0.2) is 4.79 Å². The lowest BCUT2D eigenvalue weighted by molar-refractivity contribution is -0.145. The van der Waals surface area contributed by atoms with E-state index in [1.807, 2.05) is 42.5 Å². The molecule has 0 radical (unpaired) electrons. The van der Waals surface area contributed by atoms with Crippen LogP contribution in [0.2, 0.25) is 0 Å². The number of carbonyl (C=O) groups excluding carboxylic acids is 2. The number of nitrogens with one attached hydrogen (secondary N) is 1. The van der Waals surface area contributed by atoms with E-state index in [2.05, 4.69) is 5.32 Å². The Labute approximate surface area is 153 Å². The van der Waals surface area contributed by atoms with Crippen LogP contribution in [0, 0.1) is 0 Å². The van der Waals surface area contributed by atoms with E-state index in [0.717, 1.165) is 16.9 Å². The lowest BCUT2D eigenvalue weighted by Crippen LogP contribution is -2.44. The van der Waals surface area contributed by atoms with Crippen molar-refractivity contribution in [3.8, 4) is 5.75 Å². The molecule has 6 heteroatoms. The van der Waals surface area contributed by atoms with Crippen molar-refractivity contribution in [2.45, 2.75) is 19.1 Å². The van der Waals surface area contributed by atoms with Gasteiger partial charge in [0.2, 0.25) is 5.91 Å². The van der Waals surface area contributed by atoms with Crippen LogP contribution in [-0.2, 0) is 32.1 Å². The Balaban J connectivity index is 1.87. The minimum Gasteiger partial charge on any atom is -0.497 e. The second-order valence-electron chi connectivity index (χ2n) is 5.67. The summed E-state index contributed by atoms with van der Waals surface area (Å²) in [5.41, 5.74) is 1.86. The average molecular weight is 357 g/mol. The second kappa shape index (κ2) is 10.2. The van der Waals surface area contributed by atoms with Gasteiger partial charge in [0, 0.05) is 6.42 Å². The molecule has 2 rings (SSSR count). The Morgan fingerprint density at radius 3 is 2.27 bits per heavy atom. The summed E-state index contributed by atoms with van der Waals surface area (Å²) in [4.78, 5) is 24.1. The summed E-state index contributed by atoms with van der Waals surface area (Å²) < 4.78 is 15.3. The van der Waals surface area contributed by atoms with E-state index >= 15 is 0 Å². The monoisotopic (exact) mass is 357 g/mol. The van der Waals surface area contributed by atoms with Gasteiger partial charge in [0.05, 0.1) is 20.8 Å². The minimum absolute atomic E-state index is 0.134. The van der Waals surface area contributed by atoms with Crippen molar-refractivity contribution in [1.82, 2.24) is 5.32 Å². The molecule has 0 unspecified atom stereocenters. The third kappa shape index (κ3) is 6.22. The van der Waals surface area contributed by atoms with E-state index in [0.29, 0.717) is 13.0 Å². The first-order valence-corrected chi connectivity index (χ1v) is 8.24. The zero-order chi connectivity index (χ0) is 18.8. The van der Waals surface area contributed by atoms with Crippen molar-refractivity contribution in [3.63, 3.8) is 0 Å². The van der Waals surface area contributed by atoms with Gasteiger partial charge >= 0.3 is 5.97 Å². The van der Waals surface area contributed by atoms with Crippen LogP contribution in [0.5, 0.6) is 5.75 Å². The van der Waals surface area contributed by atoms with Crippen LogP contribution in [0.4, 0.5) is 0 Å². The molecule has 6 nitrogen and oxygen atoms in total. The molecule has 26 heavy (non-hydrogen) atoms. The second-order valence-corrected chi connectivity index (χ2v) is 5.67. The van der Waals surface area contributed by atoms with Crippen molar-refractivity contribution >= 4 is 11.9 Å². The van der Waals surface area contributed by atoms with Crippen molar-refractivity contribution in [2.24, 2.45) is 0 Å². The van der Waals surface area contributed by atoms with Crippen LogP contribution in [0.15, 0.2) is 54.6 Å². The zero-order valence-electron chi connectivity index (χ0n) is 14.9. The van der Waals surface area contributed by atoms with Crippen LogP contribution < -0.4 is 10.1 Å². The molecular formula is C20H23NO5. The number of ether oxygens (including phenoxy) is 3. The molecule has 2 aromatic carbocycles. The molecule has 0 bridgehead atoms. The van der Waals surface area contributed by atoms with Gasteiger partial charge < -0.3 is 19.5 Å². The summed E-state index contributed by atoms with van der Waals surface area (Å²) in [7, 11) is 2.88. The quantitative estimate of drug-likeness (QED) is 0.696. The molecule has 1 amide bonds. The zero-order valence-corrected chi connectivity index (χ0v) is 14.9. The SMILES string of the molecule is COC(=O)[C@H](Cc1ccc(OC)cc1)NC(=O)COCc1ccccc1. The maximum Gasteiger partial charge on any atom is 0.328 e. The fourth-order valence-electron chi connectivity index (χ4n) is 2.40. The standard InChI is InChI=1S/C20H23NO5/c1-24-17-10-8-15(9-11-17)12-18(20(23)25-2)21-19(22)14-26-13-16-6-4-3-5-7-16/h3-11,18H,12-14H2,1-2H3,(H,21,22)/t18-/m0/s1. The fourth-order valence-corrected chi connectivity index (χ4v) is 2.40. The largest absolute Gasteiger partial charge is 0.497 e. The van der Waals surface area contributed by atoms with Crippen LogP contribution in [-0.4, -0.2) is 38.7 Å². The summed E-state index contributed by atoms with van der Waals surface area (Å²) in [5.74, 6) is -0.149. The smallest absolute Gasteiger partial charge is 0.328 e. The van der Waals surface area contributed by atoms with E-state index in [9.17, 15) is 9.59 Å². The highest BCUT2D eigenvalue weighted by atomic mass is 16.5. The van der Waals surface area contributed by atoms with E-state index in [1.54, 1.807) is 19.2 Å². The van der Waals surface area contributed by atoms with Gasteiger partial charge in [0.1, 0.15) is 18.4 Å².